The minimum atomic E-state index is -0.347. The smallest absolute Gasteiger partial charge is 0.255 e. The summed E-state index contributed by atoms with van der Waals surface area (Å²) in [5.74, 6) is -0.136. The molecule has 1 aliphatic rings. The molecule has 1 aromatic carbocycles. The SMILES string of the molecule is O=C(NCCCN1CCOCC1)c1cccnc1Nc1cccc(F)c1. The Morgan fingerprint density at radius 1 is 1.23 bits per heavy atom. The van der Waals surface area contributed by atoms with E-state index in [0.717, 1.165) is 39.3 Å². The number of aromatic nitrogens is 1. The van der Waals surface area contributed by atoms with Crippen LogP contribution in [0.3, 0.4) is 0 Å². The van der Waals surface area contributed by atoms with E-state index in [1.165, 1.54) is 12.1 Å². The highest BCUT2D eigenvalue weighted by atomic mass is 19.1. The van der Waals surface area contributed by atoms with Gasteiger partial charge in [0.15, 0.2) is 0 Å². The van der Waals surface area contributed by atoms with E-state index in [1.807, 2.05) is 0 Å². The highest BCUT2D eigenvalue weighted by molar-refractivity contribution is 5.99. The van der Waals surface area contributed by atoms with Crippen LogP contribution in [0.2, 0.25) is 0 Å². The first-order valence-corrected chi connectivity index (χ1v) is 8.78. The number of halogens is 1. The summed E-state index contributed by atoms with van der Waals surface area (Å²) in [6, 6.07) is 9.46. The zero-order chi connectivity index (χ0) is 18.2. The van der Waals surface area contributed by atoms with Gasteiger partial charge in [0, 0.05) is 31.5 Å². The number of amides is 1. The summed E-state index contributed by atoms with van der Waals surface area (Å²) < 4.78 is 18.7. The predicted molar refractivity (Wildman–Crippen MR) is 98.1 cm³/mol. The Balaban J connectivity index is 1.53. The van der Waals surface area contributed by atoms with E-state index in [0.29, 0.717) is 23.6 Å². The van der Waals surface area contributed by atoms with Crippen LogP contribution in [0.25, 0.3) is 0 Å². The zero-order valence-electron chi connectivity index (χ0n) is 14.6. The fourth-order valence-electron chi connectivity index (χ4n) is 2.82. The summed E-state index contributed by atoms with van der Waals surface area (Å²) in [4.78, 5) is 19.0. The monoisotopic (exact) mass is 358 g/mol. The van der Waals surface area contributed by atoms with Crippen molar-refractivity contribution in [3.63, 3.8) is 0 Å². The Hall–Kier alpha value is -2.51. The maximum absolute atomic E-state index is 13.3. The van der Waals surface area contributed by atoms with Crippen molar-refractivity contribution in [1.29, 1.82) is 0 Å². The lowest BCUT2D eigenvalue weighted by atomic mass is 10.2. The highest BCUT2D eigenvalue weighted by Crippen LogP contribution is 2.19. The molecule has 1 saturated heterocycles. The van der Waals surface area contributed by atoms with Crippen LogP contribution in [-0.2, 0) is 4.74 Å². The van der Waals surface area contributed by atoms with Crippen LogP contribution in [-0.4, -0.2) is 55.2 Å². The first-order chi connectivity index (χ1) is 12.7. The summed E-state index contributed by atoms with van der Waals surface area (Å²) in [5.41, 5.74) is 0.980. The summed E-state index contributed by atoms with van der Waals surface area (Å²) >= 11 is 0. The maximum Gasteiger partial charge on any atom is 0.255 e. The number of rotatable bonds is 7. The molecule has 2 aromatic rings. The second kappa shape index (κ2) is 9.26. The van der Waals surface area contributed by atoms with Gasteiger partial charge in [-0.2, -0.15) is 0 Å². The van der Waals surface area contributed by atoms with Crippen LogP contribution in [0, 0.1) is 5.82 Å². The molecule has 0 aliphatic carbocycles. The van der Waals surface area contributed by atoms with Gasteiger partial charge >= 0.3 is 0 Å². The van der Waals surface area contributed by atoms with Crippen LogP contribution < -0.4 is 10.6 Å². The van der Waals surface area contributed by atoms with Crippen molar-refractivity contribution in [3.05, 3.63) is 54.0 Å². The van der Waals surface area contributed by atoms with Crippen LogP contribution in [0.4, 0.5) is 15.9 Å². The molecular weight excluding hydrogens is 335 g/mol. The number of morpholine rings is 1. The molecule has 138 valence electrons. The molecule has 7 heteroatoms. The summed E-state index contributed by atoms with van der Waals surface area (Å²) in [6.45, 7) is 4.96. The molecule has 0 saturated carbocycles. The van der Waals surface area contributed by atoms with Gasteiger partial charge in [0.1, 0.15) is 11.6 Å². The van der Waals surface area contributed by atoms with Crippen molar-refractivity contribution in [1.82, 2.24) is 15.2 Å². The molecule has 0 bridgehead atoms. The van der Waals surface area contributed by atoms with Crippen LogP contribution >= 0.6 is 0 Å². The summed E-state index contributed by atoms with van der Waals surface area (Å²) in [6.07, 6.45) is 2.47. The molecule has 1 aromatic heterocycles. The van der Waals surface area contributed by atoms with Gasteiger partial charge in [-0.15, -0.1) is 0 Å². The van der Waals surface area contributed by atoms with Crippen molar-refractivity contribution < 1.29 is 13.9 Å². The molecule has 0 atom stereocenters. The summed E-state index contributed by atoms with van der Waals surface area (Å²) in [5, 5.41) is 5.93. The highest BCUT2D eigenvalue weighted by Gasteiger charge is 2.13. The van der Waals surface area contributed by atoms with Crippen molar-refractivity contribution >= 4 is 17.4 Å². The van der Waals surface area contributed by atoms with Gasteiger partial charge in [0.05, 0.1) is 18.8 Å². The second-order valence-electron chi connectivity index (χ2n) is 6.10. The van der Waals surface area contributed by atoms with Crippen molar-refractivity contribution in [2.24, 2.45) is 0 Å². The molecule has 1 aliphatic heterocycles. The summed E-state index contributed by atoms with van der Waals surface area (Å²) in [7, 11) is 0. The van der Waals surface area contributed by atoms with E-state index < -0.39 is 0 Å². The van der Waals surface area contributed by atoms with Crippen molar-refractivity contribution in [3.8, 4) is 0 Å². The first kappa shape index (κ1) is 18.3. The number of nitrogens with one attached hydrogen (secondary N) is 2. The molecule has 2 heterocycles. The Bertz CT molecular complexity index is 735. The fourth-order valence-corrected chi connectivity index (χ4v) is 2.82. The van der Waals surface area contributed by atoms with Gasteiger partial charge in [-0.05, 0) is 43.3 Å². The number of hydrogen-bond acceptors (Lipinski definition) is 5. The van der Waals surface area contributed by atoms with E-state index in [-0.39, 0.29) is 11.7 Å². The topological polar surface area (TPSA) is 66.5 Å². The quantitative estimate of drug-likeness (QED) is 0.744. The maximum atomic E-state index is 13.3. The minimum absolute atomic E-state index is 0.195. The Labute approximate surface area is 152 Å². The van der Waals surface area contributed by atoms with Gasteiger partial charge in [-0.1, -0.05) is 6.07 Å². The van der Waals surface area contributed by atoms with Crippen LogP contribution in [0.1, 0.15) is 16.8 Å². The number of carbonyl (C=O) groups excluding carboxylic acids is 1. The number of anilines is 2. The van der Waals surface area contributed by atoms with Gasteiger partial charge in [-0.25, -0.2) is 9.37 Å². The zero-order valence-corrected chi connectivity index (χ0v) is 14.6. The molecule has 0 radical (unpaired) electrons. The lowest BCUT2D eigenvalue weighted by Crippen LogP contribution is -2.38. The standard InChI is InChI=1S/C19H23FN4O2/c20-15-4-1-5-16(14-15)23-18-17(6-2-7-21-18)19(25)22-8-3-9-24-10-12-26-13-11-24/h1-2,4-7,14H,3,8-13H2,(H,21,23)(H,22,25). The van der Waals surface area contributed by atoms with Crippen LogP contribution in [0.5, 0.6) is 0 Å². The average molecular weight is 358 g/mol. The van der Waals surface area contributed by atoms with E-state index in [4.69, 9.17) is 4.74 Å². The van der Waals surface area contributed by atoms with Gasteiger partial charge in [0.25, 0.3) is 5.91 Å². The van der Waals surface area contributed by atoms with Crippen LogP contribution in [0.15, 0.2) is 42.6 Å². The lowest BCUT2D eigenvalue weighted by Gasteiger charge is -2.26. The number of ether oxygens (including phenoxy) is 1. The third-order valence-electron chi connectivity index (χ3n) is 4.18. The normalized spacial score (nSPS) is 14.8. The molecule has 1 amide bonds. The predicted octanol–water partition coefficient (Wildman–Crippen LogP) is 2.42. The number of pyridine rings is 1. The van der Waals surface area contributed by atoms with Gasteiger partial charge in [0.2, 0.25) is 0 Å². The average Bonchev–Trinajstić information content (AvgIpc) is 2.66. The Kier molecular flexibility index (Phi) is 6.51. The van der Waals surface area contributed by atoms with E-state index in [2.05, 4.69) is 20.5 Å². The number of carbonyl (C=O) groups is 1. The lowest BCUT2D eigenvalue weighted by molar-refractivity contribution is 0.0374. The van der Waals surface area contributed by atoms with E-state index in [9.17, 15) is 9.18 Å². The Morgan fingerprint density at radius 3 is 2.88 bits per heavy atom. The van der Waals surface area contributed by atoms with E-state index in [1.54, 1.807) is 30.5 Å². The third-order valence-corrected chi connectivity index (χ3v) is 4.18. The minimum Gasteiger partial charge on any atom is -0.379 e. The molecule has 26 heavy (non-hydrogen) atoms. The first-order valence-electron chi connectivity index (χ1n) is 8.78. The molecule has 0 unspecified atom stereocenters. The molecule has 6 nitrogen and oxygen atoms in total. The van der Waals surface area contributed by atoms with Crippen molar-refractivity contribution in [2.45, 2.75) is 6.42 Å². The Morgan fingerprint density at radius 2 is 2.08 bits per heavy atom. The van der Waals surface area contributed by atoms with Gasteiger partial charge < -0.3 is 15.4 Å². The number of hydrogen-bond donors (Lipinski definition) is 2. The third kappa shape index (κ3) is 5.24. The van der Waals surface area contributed by atoms with E-state index >= 15 is 0 Å². The molecule has 0 spiro atoms. The molecule has 2 N–H and O–H groups in total. The molecule has 1 fully saturated rings. The number of nitrogens with zero attached hydrogens (tertiary/aromatic N) is 2. The molecular formula is C19H23FN4O2. The largest absolute Gasteiger partial charge is 0.379 e. The van der Waals surface area contributed by atoms with Crippen molar-refractivity contribution in [2.75, 3.05) is 44.7 Å². The second-order valence-corrected chi connectivity index (χ2v) is 6.10. The number of benzene rings is 1. The fraction of sp³-hybridized carbons (Fsp3) is 0.368. The molecule has 3 rings (SSSR count). The van der Waals surface area contributed by atoms with Gasteiger partial charge in [-0.3, -0.25) is 9.69 Å².